The minimum absolute atomic E-state index is 0.123. The summed E-state index contributed by atoms with van der Waals surface area (Å²) in [6, 6.07) is 6.03. The van der Waals surface area contributed by atoms with Crippen molar-refractivity contribution in [2.75, 3.05) is 18.4 Å². The van der Waals surface area contributed by atoms with Crippen molar-refractivity contribution in [2.24, 2.45) is 5.92 Å². The highest BCUT2D eigenvalue weighted by Gasteiger charge is 2.24. The smallest absolute Gasteiger partial charge is 0.230 e. The summed E-state index contributed by atoms with van der Waals surface area (Å²) in [5.74, 6) is 0.265. The summed E-state index contributed by atoms with van der Waals surface area (Å²) < 4.78 is 1.19. The topological polar surface area (TPSA) is 41.1 Å². The number of aryl methyl sites for hydroxylation is 1. The Hall–Kier alpha value is -0.620. The molecule has 1 heterocycles. The van der Waals surface area contributed by atoms with Gasteiger partial charge in [-0.2, -0.15) is 0 Å². The molecule has 0 saturated carbocycles. The Balaban J connectivity index is 2.06. The van der Waals surface area contributed by atoms with Crippen LogP contribution in [0.4, 0.5) is 5.69 Å². The molecule has 0 bridgehead atoms. The van der Waals surface area contributed by atoms with Crippen molar-refractivity contribution in [1.29, 1.82) is 0 Å². The molecule has 1 aromatic rings. The first-order chi connectivity index (χ1) is 7.16. The fourth-order valence-corrected chi connectivity index (χ4v) is 2.12. The van der Waals surface area contributed by atoms with E-state index in [-0.39, 0.29) is 11.8 Å². The molecule has 1 aliphatic rings. The predicted molar refractivity (Wildman–Crippen MR) is 68.9 cm³/mol. The van der Waals surface area contributed by atoms with Gasteiger partial charge < -0.3 is 10.6 Å². The van der Waals surface area contributed by atoms with Gasteiger partial charge in [0.2, 0.25) is 5.91 Å². The zero-order valence-corrected chi connectivity index (χ0v) is 10.7. The van der Waals surface area contributed by atoms with Crippen LogP contribution in [0.5, 0.6) is 0 Å². The highest BCUT2D eigenvalue weighted by atomic mass is 127. The van der Waals surface area contributed by atoms with Gasteiger partial charge in [0.25, 0.3) is 0 Å². The van der Waals surface area contributed by atoms with E-state index in [2.05, 4.69) is 39.3 Å². The molecule has 15 heavy (non-hydrogen) atoms. The van der Waals surface area contributed by atoms with Crippen molar-refractivity contribution in [2.45, 2.75) is 6.92 Å². The zero-order chi connectivity index (χ0) is 10.8. The molecule has 0 radical (unpaired) electrons. The lowest BCUT2D eigenvalue weighted by Gasteiger charge is -2.26. The molecule has 1 amide bonds. The molecule has 0 unspecified atom stereocenters. The molecule has 0 spiro atoms. The van der Waals surface area contributed by atoms with E-state index in [0.717, 1.165) is 24.3 Å². The monoisotopic (exact) mass is 316 g/mol. The predicted octanol–water partition coefficient (Wildman–Crippen LogP) is 1.76. The maximum Gasteiger partial charge on any atom is 0.230 e. The fraction of sp³-hybridized carbons (Fsp3) is 0.364. The molecule has 1 aromatic carbocycles. The maximum atomic E-state index is 11.7. The minimum atomic E-state index is 0.123. The maximum absolute atomic E-state index is 11.7. The second kappa shape index (κ2) is 4.49. The summed E-state index contributed by atoms with van der Waals surface area (Å²) in [7, 11) is 0. The molecule has 0 atom stereocenters. The largest absolute Gasteiger partial charge is 0.326 e. The number of anilines is 1. The minimum Gasteiger partial charge on any atom is -0.326 e. The van der Waals surface area contributed by atoms with E-state index in [1.807, 2.05) is 19.1 Å². The first-order valence-electron chi connectivity index (χ1n) is 4.94. The van der Waals surface area contributed by atoms with E-state index >= 15 is 0 Å². The molecular weight excluding hydrogens is 303 g/mol. The van der Waals surface area contributed by atoms with Crippen molar-refractivity contribution < 1.29 is 4.79 Å². The van der Waals surface area contributed by atoms with Gasteiger partial charge in [-0.3, -0.25) is 4.79 Å². The Morgan fingerprint density at radius 1 is 1.53 bits per heavy atom. The van der Waals surface area contributed by atoms with Crippen LogP contribution >= 0.6 is 22.6 Å². The van der Waals surface area contributed by atoms with Crippen LogP contribution in [0.25, 0.3) is 0 Å². The molecule has 2 rings (SSSR count). The van der Waals surface area contributed by atoms with Crippen LogP contribution in [0.15, 0.2) is 18.2 Å². The van der Waals surface area contributed by atoms with Crippen molar-refractivity contribution in [1.82, 2.24) is 5.32 Å². The lowest BCUT2D eigenvalue weighted by atomic mass is 10.0. The van der Waals surface area contributed by atoms with Crippen LogP contribution in [0.1, 0.15) is 5.56 Å². The quantitative estimate of drug-likeness (QED) is 0.817. The van der Waals surface area contributed by atoms with Crippen LogP contribution < -0.4 is 10.6 Å². The van der Waals surface area contributed by atoms with Gasteiger partial charge in [-0.05, 0) is 53.3 Å². The molecule has 1 saturated heterocycles. The molecule has 0 aromatic heterocycles. The first-order valence-corrected chi connectivity index (χ1v) is 6.02. The van der Waals surface area contributed by atoms with E-state index in [1.54, 1.807) is 0 Å². The van der Waals surface area contributed by atoms with E-state index in [4.69, 9.17) is 0 Å². The Morgan fingerprint density at radius 2 is 2.27 bits per heavy atom. The molecule has 0 aliphatic carbocycles. The van der Waals surface area contributed by atoms with Gasteiger partial charge in [0.15, 0.2) is 0 Å². The number of amides is 1. The van der Waals surface area contributed by atoms with Crippen molar-refractivity contribution in [3.8, 4) is 0 Å². The van der Waals surface area contributed by atoms with Gasteiger partial charge >= 0.3 is 0 Å². The summed E-state index contributed by atoms with van der Waals surface area (Å²) in [6.45, 7) is 3.61. The Morgan fingerprint density at radius 3 is 2.80 bits per heavy atom. The number of nitrogens with one attached hydrogen (secondary N) is 2. The molecule has 3 nitrogen and oxygen atoms in total. The number of carbonyl (C=O) groups excluding carboxylic acids is 1. The number of hydrogen-bond acceptors (Lipinski definition) is 2. The number of halogens is 1. The highest BCUT2D eigenvalue weighted by Crippen LogP contribution is 2.18. The van der Waals surface area contributed by atoms with Crippen molar-refractivity contribution in [3.63, 3.8) is 0 Å². The van der Waals surface area contributed by atoms with Crippen LogP contribution in [0, 0.1) is 16.4 Å². The first kappa shape index (κ1) is 10.9. The number of benzene rings is 1. The molecular formula is C11H13IN2O. The third-order valence-corrected chi connectivity index (χ3v) is 3.27. The molecule has 2 N–H and O–H groups in total. The average molecular weight is 316 g/mol. The van der Waals surface area contributed by atoms with E-state index in [0.29, 0.717) is 0 Å². The van der Waals surface area contributed by atoms with Crippen LogP contribution in [0.3, 0.4) is 0 Å². The Bertz CT molecular complexity index is 388. The van der Waals surface area contributed by atoms with Gasteiger partial charge in [-0.15, -0.1) is 0 Å². The SMILES string of the molecule is Cc1cc(I)ccc1NC(=O)C1CNC1. The lowest BCUT2D eigenvalue weighted by Crippen LogP contribution is -2.48. The zero-order valence-electron chi connectivity index (χ0n) is 8.51. The molecule has 80 valence electrons. The summed E-state index contributed by atoms with van der Waals surface area (Å²) in [4.78, 5) is 11.7. The van der Waals surface area contributed by atoms with Gasteiger partial charge in [-0.1, -0.05) is 0 Å². The van der Waals surface area contributed by atoms with Crippen LogP contribution in [-0.2, 0) is 4.79 Å². The molecule has 4 heteroatoms. The standard InChI is InChI=1S/C11H13IN2O/c1-7-4-9(12)2-3-10(7)14-11(15)8-5-13-6-8/h2-4,8,13H,5-6H2,1H3,(H,14,15). The number of carbonyl (C=O) groups is 1. The average Bonchev–Trinajstić information content (AvgIpc) is 2.07. The van der Waals surface area contributed by atoms with E-state index in [1.165, 1.54) is 3.57 Å². The summed E-state index contributed by atoms with van der Waals surface area (Å²) in [5, 5.41) is 6.05. The third-order valence-electron chi connectivity index (χ3n) is 2.60. The number of rotatable bonds is 2. The molecule has 1 fully saturated rings. The van der Waals surface area contributed by atoms with Gasteiger partial charge in [0.05, 0.1) is 5.92 Å². The summed E-state index contributed by atoms with van der Waals surface area (Å²) in [6.07, 6.45) is 0. The van der Waals surface area contributed by atoms with Crippen LogP contribution in [0.2, 0.25) is 0 Å². The van der Waals surface area contributed by atoms with E-state index < -0.39 is 0 Å². The summed E-state index contributed by atoms with van der Waals surface area (Å²) in [5.41, 5.74) is 2.04. The van der Waals surface area contributed by atoms with Gasteiger partial charge in [-0.25, -0.2) is 0 Å². The third kappa shape index (κ3) is 2.49. The Labute approximate surface area is 103 Å². The van der Waals surface area contributed by atoms with Gasteiger partial charge in [0.1, 0.15) is 0 Å². The number of hydrogen-bond donors (Lipinski definition) is 2. The highest BCUT2D eigenvalue weighted by molar-refractivity contribution is 14.1. The second-order valence-corrected chi connectivity index (χ2v) is 5.05. The van der Waals surface area contributed by atoms with Gasteiger partial charge in [0, 0.05) is 22.3 Å². The van der Waals surface area contributed by atoms with Crippen molar-refractivity contribution in [3.05, 3.63) is 27.3 Å². The van der Waals surface area contributed by atoms with Crippen molar-refractivity contribution >= 4 is 34.2 Å². The normalized spacial score (nSPS) is 15.9. The van der Waals surface area contributed by atoms with E-state index in [9.17, 15) is 4.79 Å². The second-order valence-electron chi connectivity index (χ2n) is 3.80. The molecule has 1 aliphatic heterocycles. The Kier molecular flexibility index (Phi) is 3.25. The lowest BCUT2D eigenvalue weighted by molar-refractivity contribution is -0.121. The summed E-state index contributed by atoms with van der Waals surface area (Å²) >= 11 is 2.27. The van der Waals surface area contributed by atoms with Crippen LogP contribution in [-0.4, -0.2) is 19.0 Å². The fourth-order valence-electron chi connectivity index (χ4n) is 1.48.